The minimum absolute atomic E-state index is 0.156. The van der Waals surface area contributed by atoms with Gasteiger partial charge in [-0.15, -0.1) is 0 Å². The molecule has 0 unspecified atom stereocenters. The number of carbonyl (C=O) groups excluding carboxylic acids is 1. The largest absolute Gasteiger partial charge is 0.467 e. The van der Waals surface area contributed by atoms with Crippen LogP contribution >= 0.6 is 0 Å². The van der Waals surface area contributed by atoms with Crippen LogP contribution in [0.2, 0.25) is 0 Å². The molecule has 0 fully saturated rings. The molecule has 2 atom stereocenters. The lowest BCUT2D eigenvalue weighted by atomic mass is 9.85. The lowest BCUT2D eigenvalue weighted by Crippen LogP contribution is -2.41. The van der Waals surface area contributed by atoms with Crippen LogP contribution in [0.1, 0.15) is 17.3 Å². The molecule has 4 heteroatoms. The van der Waals surface area contributed by atoms with Crippen molar-refractivity contribution in [1.82, 2.24) is 0 Å². The predicted octanol–water partition coefficient (Wildman–Crippen LogP) is 2.76. The summed E-state index contributed by atoms with van der Waals surface area (Å²) in [5.41, 5.74) is -2.00. The molecule has 0 amide bonds. The molecule has 0 radical (unpaired) electrons. The van der Waals surface area contributed by atoms with Crippen molar-refractivity contribution in [2.24, 2.45) is 0 Å². The fraction of sp³-hybridized carbons (Fsp3) is 0.188. The lowest BCUT2D eigenvalue weighted by Gasteiger charge is -2.29. The molecule has 0 saturated heterocycles. The molecular formula is C16H15FO3. The van der Waals surface area contributed by atoms with E-state index in [9.17, 15) is 14.3 Å². The SMILES string of the molecule is COC(=O)[C@](O)(c1ccccc1)[C@H](F)c1ccccc1. The highest BCUT2D eigenvalue weighted by Gasteiger charge is 2.48. The van der Waals surface area contributed by atoms with E-state index in [1.807, 2.05) is 0 Å². The molecule has 2 rings (SSSR count). The number of aliphatic hydroxyl groups is 1. The first-order chi connectivity index (χ1) is 9.60. The number of hydrogen-bond donors (Lipinski definition) is 1. The number of hydrogen-bond acceptors (Lipinski definition) is 3. The number of ether oxygens (including phenoxy) is 1. The van der Waals surface area contributed by atoms with Gasteiger partial charge in [-0.25, -0.2) is 9.18 Å². The topological polar surface area (TPSA) is 46.5 Å². The summed E-state index contributed by atoms with van der Waals surface area (Å²) in [4.78, 5) is 11.9. The summed E-state index contributed by atoms with van der Waals surface area (Å²) in [7, 11) is 1.12. The van der Waals surface area contributed by atoms with Gasteiger partial charge in [-0.05, 0) is 11.1 Å². The Balaban J connectivity index is 2.51. The summed E-state index contributed by atoms with van der Waals surface area (Å²) in [6.07, 6.45) is -1.92. The standard InChI is InChI=1S/C16H15FO3/c1-20-15(18)16(19,13-10-6-3-7-11-13)14(17)12-8-4-2-5-9-12/h2-11,14,19H,1H3/t14-,16+/m1/s1. The first-order valence-corrected chi connectivity index (χ1v) is 6.16. The van der Waals surface area contributed by atoms with E-state index in [2.05, 4.69) is 4.74 Å². The molecule has 0 saturated carbocycles. The quantitative estimate of drug-likeness (QED) is 0.872. The fourth-order valence-electron chi connectivity index (χ4n) is 2.08. The zero-order valence-corrected chi connectivity index (χ0v) is 11.0. The molecule has 3 nitrogen and oxygen atoms in total. The zero-order chi connectivity index (χ0) is 14.6. The van der Waals surface area contributed by atoms with Crippen molar-refractivity contribution in [2.45, 2.75) is 11.8 Å². The molecule has 2 aromatic rings. The van der Waals surface area contributed by atoms with E-state index >= 15 is 0 Å². The summed E-state index contributed by atoms with van der Waals surface area (Å²) in [6, 6.07) is 16.0. The van der Waals surface area contributed by atoms with Crippen LogP contribution in [-0.4, -0.2) is 18.2 Å². The van der Waals surface area contributed by atoms with E-state index in [-0.39, 0.29) is 11.1 Å². The maximum absolute atomic E-state index is 14.8. The average molecular weight is 274 g/mol. The van der Waals surface area contributed by atoms with Crippen molar-refractivity contribution in [3.05, 3.63) is 71.8 Å². The number of benzene rings is 2. The Morgan fingerprint density at radius 3 is 2.10 bits per heavy atom. The Morgan fingerprint density at radius 1 is 1.10 bits per heavy atom. The van der Waals surface area contributed by atoms with Gasteiger partial charge in [0.05, 0.1) is 7.11 Å². The van der Waals surface area contributed by atoms with Gasteiger partial charge in [0.25, 0.3) is 0 Å². The van der Waals surface area contributed by atoms with Gasteiger partial charge < -0.3 is 9.84 Å². The summed E-state index contributed by atoms with van der Waals surface area (Å²) < 4.78 is 19.3. The summed E-state index contributed by atoms with van der Waals surface area (Å²) in [5.74, 6) is -1.03. The second kappa shape index (κ2) is 5.84. The molecule has 0 aromatic heterocycles. The third kappa shape index (κ3) is 2.42. The second-order valence-corrected chi connectivity index (χ2v) is 4.40. The van der Waals surface area contributed by atoms with Crippen LogP contribution in [0, 0.1) is 0 Å². The Hall–Kier alpha value is -2.20. The summed E-state index contributed by atoms with van der Waals surface area (Å²) in [6.45, 7) is 0. The molecule has 1 N–H and O–H groups in total. The Morgan fingerprint density at radius 2 is 1.60 bits per heavy atom. The number of alkyl halides is 1. The van der Waals surface area contributed by atoms with E-state index < -0.39 is 17.7 Å². The first kappa shape index (κ1) is 14.2. The normalized spacial score (nSPS) is 15.2. The van der Waals surface area contributed by atoms with Crippen LogP contribution in [0.15, 0.2) is 60.7 Å². The highest BCUT2D eigenvalue weighted by Crippen LogP contribution is 2.39. The third-order valence-corrected chi connectivity index (χ3v) is 3.17. The van der Waals surface area contributed by atoms with Gasteiger partial charge in [0.15, 0.2) is 6.17 Å². The van der Waals surface area contributed by atoms with E-state index in [4.69, 9.17) is 0 Å². The monoisotopic (exact) mass is 274 g/mol. The molecule has 20 heavy (non-hydrogen) atoms. The van der Waals surface area contributed by atoms with Crippen LogP contribution in [-0.2, 0) is 15.1 Å². The van der Waals surface area contributed by atoms with E-state index in [1.165, 1.54) is 24.3 Å². The Kier molecular flexibility index (Phi) is 4.15. The van der Waals surface area contributed by atoms with Crippen molar-refractivity contribution in [3.8, 4) is 0 Å². The number of rotatable bonds is 4. The maximum atomic E-state index is 14.8. The van der Waals surface area contributed by atoms with E-state index in [0.29, 0.717) is 0 Å². The van der Waals surface area contributed by atoms with Crippen LogP contribution < -0.4 is 0 Å². The van der Waals surface area contributed by atoms with Gasteiger partial charge in [0.1, 0.15) is 0 Å². The van der Waals surface area contributed by atoms with Crippen molar-refractivity contribution >= 4 is 5.97 Å². The van der Waals surface area contributed by atoms with Crippen LogP contribution in [0.5, 0.6) is 0 Å². The second-order valence-electron chi connectivity index (χ2n) is 4.40. The third-order valence-electron chi connectivity index (χ3n) is 3.17. The fourth-order valence-corrected chi connectivity index (χ4v) is 2.08. The molecule has 104 valence electrons. The summed E-state index contributed by atoms with van der Waals surface area (Å²) >= 11 is 0. The highest BCUT2D eigenvalue weighted by molar-refractivity contribution is 5.82. The molecule has 0 aliphatic rings. The number of halogens is 1. The van der Waals surface area contributed by atoms with Gasteiger partial charge in [-0.1, -0.05) is 60.7 Å². The molecular weight excluding hydrogens is 259 g/mol. The smallest absolute Gasteiger partial charge is 0.346 e. The van der Waals surface area contributed by atoms with Gasteiger partial charge >= 0.3 is 5.97 Å². The maximum Gasteiger partial charge on any atom is 0.346 e. The van der Waals surface area contributed by atoms with Gasteiger partial charge in [-0.2, -0.15) is 0 Å². The highest BCUT2D eigenvalue weighted by atomic mass is 19.1. The van der Waals surface area contributed by atoms with Crippen molar-refractivity contribution < 1.29 is 19.0 Å². The molecule has 0 aliphatic heterocycles. The molecule has 0 spiro atoms. The van der Waals surface area contributed by atoms with Crippen LogP contribution in [0.25, 0.3) is 0 Å². The molecule has 0 aliphatic carbocycles. The predicted molar refractivity (Wildman–Crippen MR) is 72.6 cm³/mol. The van der Waals surface area contributed by atoms with Crippen molar-refractivity contribution in [3.63, 3.8) is 0 Å². The van der Waals surface area contributed by atoms with E-state index in [1.54, 1.807) is 36.4 Å². The number of esters is 1. The minimum Gasteiger partial charge on any atom is -0.467 e. The van der Waals surface area contributed by atoms with Crippen LogP contribution in [0.3, 0.4) is 0 Å². The van der Waals surface area contributed by atoms with E-state index in [0.717, 1.165) is 7.11 Å². The molecule has 2 aromatic carbocycles. The number of methoxy groups -OCH3 is 1. The zero-order valence-electron chi connectivity index (χ0n) is 11.0. The Labute approximate surface area is 116 Å². The lowest BCUT2D eigenvalue weighted by molar-refractivity contribution is -0.172. The Bertz CT molecular complexity index is 571. The van der Waals surface area contributed by atoms with Crippen molar-refractivity contribution in [2.75, 3.05) is 7.11 Å². The first-order valence-electron chi connectivity index (χ1n) is 6.16. The molecule has 0 heterocycles. The van der Waals surface area contributed by atoms with Gasteiger partial charge in [0.2, 0.25) is 5.60 Å². The number of carbonyl (C=O) groups is 1. The van der Waals surface area contributed by atoms with Crippen molar-refractivity contribution in [1.29, 1.82) is 0 Å². The van der Waals surface area contributed by atoms with Gasteiger partial charge in [-0.3, -0.25) is 0 Å². The summed E-state index contributed by atoms with van der Waals surface area (Å²) in [5, 5.41) is 10.6. The van der Waals surface area contributed by atoms with Crippen LogP contribution in [0.4, 0.5) is 4.39 Å². The van der Waals surface area contributed by atoms with Gasteiger partial charge in [0, 0.05) is 0 Å². The molecule has 0 bridgehead atoms. The average Bonchev–Trinajstić information content (AvgIpc) is 2.54. The minimum atomic E-state index is -2.36.